The van der Waals surface area contributed by atoms with E-state index in [-0.39, 0.29) is 9.93 Å². The highest BCUT2D eigenvalue weighted by Gasteiger charge is 2.37. The molecule has 1 unspecified atom stereocenters. The lowest BCUT2D eigenvalue weighted by Gasteiger charge is -2.20. The Bertz CT molecular complexity index is 546. The van der Waals surface area contributed by atoms with Gasteiger partial charge in [-0.1, -0.05) is 30.3 Å². The maximum atomic E-state index is 2.32. The summed E-state index contributed by atoms with van der Waals surface area (Å²) in [7, 11) is 2.32. The molecule has 0 N–H and O–H groups in total. The zero-order chi connectivity index (χ0) is 11.8. The second kappa shape index (κ2) is 4.43. The molecular formula is C15H15S2+. The van der Waals surface area contributed by atoms with Gasteiger partial charge >= 0.3 is 0 Å². The monoisotopic (exact) mass is 259 g/mol. The molecule has 0 aliphatic carbocycles. The van der Waals surface area contributed by atoms with Gasteiger partial charge < -0.3 is 0 Å². The van der Waals surface area contributed by atoms with Crippen molar-refractivity contribution in [1.29, 1.82) is 0 Å². The van der Waals surface area contributed by atoms with E-state index in [2.05, 4.69) is 62.4 Å². The van der Waals surface area contributed by atoms with E-state index < -0.39 is 0 Å². The SMILES string of the molecule is CC(C)[S+]1Sc2ccccc2-c2ccccc21. The number of rotatable bonds is 1. The molecule has 0 aromatic heterocycles. The molecule has 0 amide bonds. The van der Waals surface area contributed by atoms with Crippen molar-refractivity contribution in [2.45, 2.75) is 28.9 Å². The van der Waals surface area contributed by atoms with Gasteiger partial charge in [0.1, 0.15) is 26.0 Å². The third kappa shape index (κ3) is 1.90. The van der Waals surface area contributed by atoms with E-state index in [1.54, 1.807) is 0 Å². The molecule has 2 aromatic carbocycles. The molecule has 0 nitrogen and oxygen atoms in total. The quantitative estimate of drug-likeness (QED) is 0.525. The summed E-state index contributed by atoms with van der Waals surface area (Å²) in [5.74, 6) is 0. The van der Waals surface area contributed by atoms with Gasteiger partial charge in [0.15, 0.2) is 4.90 Å². The molecular weight excluding hydrogens is 244 g/mol. The first-order valence-corrected chi connectivity index (χ1v) is 8.49. The molecule has 1 aliphatic rings. The molecule has 1 heterocycles. The fraction of sp³-hybridized carbons (Fsp3) is 0.200. The van der Waals surface area contributed by atoms with Gasteiger partial charge in [-0.3, -0.25) is 0 Å². The van der Waals surface area contributed by atoms with Gasteiger partial charge in [-0.2, -0.15) is 0 Å². The van der Waals surface area contributed by atoms with Crippen molar-refractivity contribution in [3.8, 4) is 11.1 Å². The van der Waals surface area contributed by atoms with E-state index >= 15 is 0 Å². The van der Waals surface area contributed by atoms with Crippen LogP contribution in [0.3, 0.4) is 0 Å². The minimum absolute atomic E-state index is 0.284. The summed E-state index contributed by atoms with van der Waals surface area (Å²) >= 11 is 0. The molecule has 0 saturated heterocycles. The molecule has 1 atom stereocenters. The Morgan fingerprint density at radius 3 is 2.29 bits per heavy atom. The van der Waals surface area contributed by atoms with Crippen LogP contribution in [-0.4, -0.2) is 5.25 Å². The standard InChI is InChI=1S/C15H15S2/c1-11(2)17-15-10-6-4-8-13(15)12-7-3-5-9-14(12)16-17/h3-11H,1-2H3/q+1. The predicted octanol–water partition coefficient (Wildman–Crippen LogP) is 4.76. The molecule has 0 bridgehead atoms. The van der Waals surface area contributed by atoms with E-state index in [0.29, 0.717) is 5.25 Å². The van der Waals surface area contributed by atoms with E-state index in [9.17, 15) is 0 Å². The van der Waals surface area contributed by atoms with Crippen molar-refractivity contribution in [2.75, 3.05) is 0 Å². The van der Waals surface area contributed by atoms with Crippen LogP contribution in [-0.2, 0) is 9.93 Å². The molecule has 0 saturated carbocycles. The Labute approximate surface area is 109 Å². The van der Waals surface area contributed by atoms with E-state index in [1.165, 1.54) is 20.9 Å². The Balaban J connectivity index is 2.22. The zero-order valence-electron chi connectivity index (χ0n) is 10.0. The summed E-state index contributed by atoms with van der Waals surface area (Å²) in [5.41, 5.74) is 2.83. The number of benzene rings is 2. The van der Waals surface area contributed by atoms with Crippen molar-refractivity contribution in [3.63, 3.8) is 0 Å². The maximum Gasteiger partial charge on any atom is 0.176 e. The summed E-state index contributed by atoms with van der Waals surface area (Å²) in [6.45, 7) is 4.64. The normalized spacial score (nSPS) is 17.7. The van der Waals surface area contributed by atoms with Gasteiger partial charge in [0, 0.05) is 11.1 Å². The lowest BCUT2D eigenvalue weighted by Crippen LogP contribution is -2.14. The molecule has 3 rings (SSSR count). The van der Waals surface area contributed by atoms with E-state index in [0.717, 1.165) is 0 Å². The van der Waals surface area contributed by atoms with Crippen LogP contribution < -0.4 is 0 Å². The van der Waals surface area contributed by atoms with Crippen molar-refractivity contribution in [1.82, 2.24) is 0 Å². The van der Waals surface area contributed by atoms with Gasteiger partial charge in [-0.25, -0.2) is 0 Å². The lowest BCUT2D eigenvalue weighted by molar-refractivity contribution is 1.10. The van der Waals surface area contributed by atoms with Crippen LogP contribution in [0.5, 0.6) is 0 Å². The summed E-state index contributed by atoms with van der Waals surface area (Å²) in [4.78, 5) is 2.95. The first-order chi connectivity index (χ1) is 8.27. The smallest absolute Gasteiger partial charge is 0.0616 e. The van der Waals surface area contributed by atoms with Crippen LogP contribution in [0.1, 0.15) is 13.8 Å². The van der Waals surface area contributed by atoms with Crippen LogP contribution in [0, 0.1) is 0 Å². The van der Waals surface area contributed by atoms with E-state index in [4.69, 9.17) is 0 Å². The second-order valence-electron chi connectivity index (χ2n) is 4.42. The van der Waals surface area contributed by atoms with Gasteiger partial charge in [0.2, 0.25) is 0 Å². The number of hydrogen-bond acceptors (Lipinski definition) is 1. The van der Waals surface area contributed by atoms with Crippen molar-refractivity contribution < 1.29 is 0 Å². The third-order valence-corrected chi connectivity index (χ3v) is 8.02. The fourth-order valence-electron chi connectivity index (χ4n) is 2.12. The average molecular weight is 259 g/mol. The van der Waals surface area contributed by atoms with Crippen molar-refractivity contribution in [2.24, 2.45) is 0 Å². The minimum Gasteiger partial charge on any atom is -0.0616 e. The average Bonchev–Trinajstić information content (AvgIpc) is 2.37. The zero-order valence-corrected chi connectivity index (χ0v) is 11.6. The van der Waals surface area contributed by atoms with Gasteiger partial charge in [-0.15, -0.1) is 0 Å². The Morgan fingerprint density at radius 2 is 1.53 bits per heavy atom. The van der Waals surface area contributed by atoms with Gasteiger partial charge in [0.25, 0.3) is 0 Å². The minimum atomic E-state index is 0.284. The number of hydrogen-bond donors (Lipinski definition) is 0. The summed E-state index contributed by atoms with van der Waals surface area (Å²) in [6, 6.07) is 17.6. The second-order valence-corrected chi connectivity index (χ2v) is 8.58. The molecule has 86 valence electrons. The lowest BCUT2D eigenvalue weighted by atomic mass is 10.1. The first-order valence-electron chi connectivity index (χ1n) is 5.87. The third-order valence-electron chi connectivity index (χ3n) is 2.89. The maximum absolute atomic E-state index is 2.32. The fourth-order valence-corrected chi connectivity index (χ4v) is 6.41. The molecule has 0 radical (unpaired) electrons. The molecule has 1 aliphatic heterocycles. The molecule has 2 aromatic rings. The van der Waals surface area contributed by atoms with Crippen molar-refractivity contribution >= 4 is 20.7 Å². The highest BCUT2D eigenvalue weighted by atomic mass is 33.1. The molecule has 0 spiro atoms. The first kappa shape index (κ1) is 11.2. The van der Waals surface area contributed by atoms with Gasteiger partial charge in [0.05, 0.1) is 4.90 Å². The Morgan fingerprint density at radius 1 is 0.882 bits per heavy atom. The van der Waals surface area contributed by atoms with Crippen molar-refractivity contribution in [3.05, 3.63) is 48.5 Å². The molecule has 0 fully saturated rings. The molecule has 17 heavy (non-hydrogen) atoms. The van der Waals surface area contributed by atoms with Crippen LogP contribution in [0.15, 0.2) is 58.3 Å². The Kier molecular flexibility index (Phi) is 2.93. The van der Waals surface area contributed by atoms with E-state index in [1.807, 2.05) is 10.8 Å². The van der Waals surface area contributed by atoms with Gasteiger partial charge in [-0.05, 0) is 32.0 Å². The predicted molar refractivity (Wildman–Crippen MR) is 78.5 cm³/mol. The largest absolute Gasteiger partial charge is 0.176 e. The Hall–Kier alpha value is -0.860. The van der Waals surface area contributed by atoms with Crippen LogP contribution in [0.25, 0.3) is 11.1 Å². The van der Waals surface area contributed by atoms with Crippen LogP contribution >= 0.6 is 10.8 Å². The molecule has 2 heteroatoms. The van der Waals surface area contributed by atoms with Crippen LogP contribution in [0.4, 0.5) is 0 Å². The highest BCUT2D eigenvalue weighted by molar-refractivity contribution is 8.74. The summed E-state index contributed by atoms with van der Waals surface area (Å²) in [5, 5.41) is 0.689. The number of fused-ring (bicyclic) bond motifs is 3. The topological polar surface area (TPSA) is 0 Å². The summed E-state index contributed by atoms with van der Waals surface area (Å²) in [6.07, 6.45) is 0. The summed E-state index contributed by atoms with van der Waals surface area (Å²) < 4.78 is 0. The van der Waals surface area contributed by atoms with Crippen LogP contribution in [0.2, 0.25) is 0 Å². The highest BCUT2D eigenvalue weighted by Crippen LogP contribution is 2.48.